The summed E-state index contributed by atoms with van der Waals surface area (Å²) >= 11 is 0. The normalized spacial score (nSPS) is 17.3. The van der Waals surface area contributed by atoms with Crippen LogP contribution in [0.15, 0.2) is 24.4 Å². The number of hydrogen-bond donors (Lipinski definition) is 1. The van der Waals surface area contributed by atoms with Crippen molar-refractivity contribution >= 4 is 5.78 Å². The van der Waals surface area contributed by atoms with Gasteiger partial charge < -0.3 is 4.98 Å². The summed E-state index contributed by atoms with van der Waals surface area (Å²) in [6.45, 7) is 4.17. The Labute approximate surface area is 110 Å². The lowest BCUT2D eigenvalue weighted by Crippen LogP contribution is -2.26. The van der Waals surface area contributed by atoms with Gasteiger partial charge in [-0.2, -0.15) is 4.39 Å². The number of rotatable bonds is 1. The second-order valence-electron chi connectivity index (χ2n) is 5.88. The highest BCUT2D eigenvalue weighted by Crippen LogP contribution is 2.36. The molecule has 1 aliphatic carbocycles. The predicted octanol–water partition coefficient (Wildman–Crippen LogP) is 3.37. The lowest BCUT2D eigenvalue weighted by molar-refractivity contribution is 0.0912. The van der Waals surface area contributed by atoms with Gasteiger partial charge in [0.1, 0.15) is 0 Å². The van der Waals surface area contributed by atoms with Crippen molar-refractivity contribution in [1.29, 1.82) is 0 Å². The number of aromatic amines is 1. The van der Waals surface area contributed by atoms with E-state index in [2.05, 4.69) is 23.8 Å². The summed E-state index contributed by atoms with van der Waals surface area (Å²) in [7, 11) is 0. The van der Waals surface area contributed by atoms with Crippen LogP contribution in [0.2, 0.25) is 0 Å². The van der Waals surface area contributed by atoms with Gasteiger partial charge in [0.2, 0.25) is 5.95 Å². The van der Waals surface area contributed by atoms with Crippen LogP contribution in [0, 0.1) is 11.4 Å². The van der Waals surface area contributed by atoms with E-state index in [4.69, 9.17) is 0 Å². The van der Waals surface area contributed by atoms with Gasteiger partial charge in [-0.1, -0.05) is 13.8 Å². The quantitative estimate of drug-likeness (QED) is 0.797. The molecule has 2 aromatic rings. The molecule has 0 fully saturated rings. The van der Waals surface area contributed by atoms with E-state index < -0.39 is 5.95 Å². The van der Waals surface area contributed by atoms with Crippen molar-refractivity contribution in [3.8, 4) is 11.3 Å². The van der Waals surface area contributed by atoms with Crippen molar-refractivity contribution in [3.63, 3.8) is 0 Å². The molecule has 19 heavy (non-hydrogen) atoms. The zero-order valence-corrected chi connectivity index (χ0v) is 11.0. The molecule has 0 saturated carbocycles. The molecule has 1 N–H and O–H groups in total. The summed E-state index contributed by atoms with van der Waals surface area (Å²) in [6.07, 6.45) is 2.82. The first kappa shape index (κ1) is 12.1. The van der Waals surface area contributed by atoms with Crippen molar-refractivity contribution in [1.82, 2.24) is 9.97 Å². The van der Waals surface area contributed by atoms with Gasteiger partial charge >= 0.3 is 0 Å². The van der Waals surface area contributed by atoms with E-state index in [0.717, 1.165) is 23.4 Å². The minimum atomic E-state index is -0.517. The van der Waals surface area contributed by atoms with Crippen LogP contribution in [0.5, 0.6) is 0 Å². The molecule has 2 heterocycles. The zero-order chi connectivity index (χ0) is 13.6. The molecule has 4 heteroatoms. The number of aromatic nitrogens is 2. The number of carbonyl (C=O) groups is 1. The van der Waals surface area contributed by atoms with Gasteiger partial charge in [0.05, 0.1) is 0 Å². The Morgan fingerprint density at radius 1 is 1.32 bits per heavy atom. The maximum atomic E-state index is 13.1. The van der Waals surface area contributed by atoms with Crippen LogP contribution in [-0.2, 0) is 6.42 Å². The molecule has 3 rings (SSSR count). The third-order valence-corrected chi connectivity index (χ3v) is 3.53. The molecule has 0 aromatic carbocycles. The SMILES string of the molecule is CC1(C)CC(=O)c2cc(-c3ccnc(F)c3)[nH]c2C1. The molecule has 1 aliphatic rings. The number of hydrogen-bond acceptors (Lipinski definition) is 2. The van der Waals surface area contributed by atoms with Crippen LogP contribution in [0.1, 0.15) is 36.3 Å². The van der Waals surface area contributed by atoms with Crippen LogP contribution in [0.3, 0.4) is 0 Å². The van der Waals surface area contributed by atoms with E-state index >= 15 is 0 Å². The number of nitrogens with zero attached hydrogens (tertiary/aromatic N) is 1. The molecule has 0 unspecified atom stereocenters. The van der Waals surface area contributed by atoms with Gasteiger partial charge in [-0.15, -0.1) is 0 Å². The summed E-state index contributed by atoms with van der Waals surface area (Å²) in [4.78, 5) is 18.9. The summed E-state index contributed by atoms with van der Waals surface area (Å²) in [5.74, 6) is -0.361. The molecule has 0 atom stereocenters. The van der Waals surface area contributed by atoms with Crippen molar-refractivity contribution in [2.45, 2.75) is 26.7 Å². The van der Waals surface area contributed by atoms with Gasteiger partial charge in [0, 0.05) is 41.2 Å². The first-order valence-electron chi connectivity index (χ1n) is 6.32. The highest BCUT2D eigenvalue weighted by Gasteiger charge is 2.32. The number of pyridine rings is 1. The van der Waals surface area contributed by atoms with Crippen LogP contribution >= 0.6 is 0 Å². The van der Waals surface area contributed by atoms with Crippen LogP contribution < -0.4 is 0 Å². The fourth-order valence-corrected chi connectivity index (χ4v) is 2.68. The molecule has 0 saturated heterocycles. The van der Waals surface area contributed by atoms with Crippen molar-refractivity contribution in [2.24, 2.45) is 5.41 Å². The number of H-pyrrole nitrogens is 1. The van der Waals surface area contributed by atoms with Crippen molar-refractivity contribution < 1.29 is 9.18 Å². The highest BCUT2D eigenvalue weighted by molar-refractivity contribution is 6.00. The van der Waals surface area contributed by atoms with Crippen LogP contribution in [0.4, 0.5) is 4.39 Å². The fourth-order valence-electron chi connectivity index (χ4n) is 2.68. The largest absolute Gasteiger partial charge is 0.358 e. The monoisotopic (exact) mass is 258 g/mol. The Morgan fingerprint density at radius 2 is 2.11 bits per heavy atom. The molecule has 0 radical (unpaired) electrons. The number of halogens is 1. The summed E-state index contributed by atoms with van der Waals surface area (Å²) in [5.41, 5.74) is 3.17. The first-order chi connectivity index (χ1) is 8.94. The third kappa shape index (κ3) is 2.18. The molecular weight excluding hydrogens is 243 g/mol. The molecule has 98 valence electrons. The number of fused-ring (bicyclic) bond motifs is 1. The Hall–Kier alpha value is -1.97. The summed E-state index contributed by atoms with van der Waals surface area (Å²) < 4.78 is 13.1. The topological polar surface area (TPSA) is 45.8 Å². The van der Waals surface area contributed by atoms with Gasteiger partial charge in [-0.3, -0.25) is 4.79 Å². The van der Waals surface area contributed by atoms with Crippen molar-refractivity contribution in [3.05, 3.63) is 41.6 Å². The molecule has 0 bridgehead atoms. The molecular formula is C15H15FN2O. The number of Topliss-reactive ketones (excluding diaryl/α,β-unsaturated/α-hetero) is 1. The molecule has 0 amide bonds. The van der Waals surface area contributed by atoms with Gasteiger partial charge in [0.25, 0.3) is 0 Å². The second-order valence-corrected chi connectivity index (χ2v) is 5.88. The Balaban J connectivity index is 2.06. The first-order valence-corrected chi connectivity index (χ1v) is 6.32. The maximum Gasteiger partial charge on any atom is 0.213 e. The third-order valence-electron chi connectivity index (χ3n) is 3.53. The van der Waals surface area contributed by atoms with Gasteiger partial charge in [-0.05, 0) is 24.0 Å². The van der Waals surface area contributed by atoms with Gasteiger partial charge in [0.15, 0.2) is 5.78 Å². The van der Waals surface area contributed by atoms with E-state index in [1.165, 1.54) is 12.3 Å². The molecule has 0 spiro atoms. The van der Waals surface area contributed by atoms with E-state index in [1.807, 2.05) is 6.07 Å². The Morgan fingerprint density at radius 3 is 2.84 bits per heavy atom. The molecule has 3 nitrogen and oxygen atoms in total. The summed E-state index contributed by atoms with van der Waals surface area (Å²) in [5, 5.41) is 0. The Kier molecular flexibility index (Phi) is 2.55. The summed E-state index contributed by atoms with van der Waals surface area (Å²) in [6, 6.07) is 4.92. The zero-order valence-electron chi connectivity index (χ0n) is 11.0. The predicted molar refractivity (Wildman–Crippen MR) is 70.4 cm³/mol. The average Bonchev–Trinajstić information content (AvgIpc) is 2.71. The maximum absolute atomic E-state index is 13.1. The average molecular weight is 258 g/mol. The fraction of sp³-hybridized carbons (Fsp3) is 0.333. The second kappa shape index (κ2) is 4.02. The Bertz CT molecular complexity index is 658. The van der Waals surface area contributed by atoms with E-state index in [-0.39, 0.29) is 11.2 Å². The minimum Gasteiger partial charge on any atom is -0.358 e. The lowest BCUT2D eigenvalue weighted by atomic mass is 9.76. The molecule has 0 aliphatic heterocycles. The van der Waals surface area contributed by atoms with Crippen molar-refractivity contribution in [2.75, 3.05) is 0 Å². The van der Waals surface area contributed by atoms with E-state index in [9.17, 15) is 9.18 Å². The number of ketones is 1. The molecule has 2 aromatic heterocycles. The number of nitrogens with one attached hydrogen (secondary N) is 1. The van der Waals surface area contributed by atoms with Gasteiger partial charge in [-0.25, -0.2) is 4.98 Å². The van der Waals surface area contributed by atoms with E-state index in [1.54, 1.807) is 6.07 Å². The lowest BCUT2D eigenvalue weighted by Gasteiger charge is -2.27. The van der Waals surface area contributed by atoms with Crippen LogP contribution in [-0.4, -0.2) is 15.8 Å². The van der Waals surface area contributed by atoms with Crippen LogP contribution in [0.25, 0.3) is 11.3 Å². The van der Waals surface area contributed by atoms with E-state index in [0.29, 0.717) is 12.0 Å². The standard InChI is InChI=1S/C15H15FN2O/c1-15(2)7-12-10(13(19)8-15)6-11(18-12)9-3-4-17-14(16)5-9/h3-6,18H,7-8H2,1-2H3. The minimum absolute atomic E-state index is 0.0182. The smallest absolute Gasteiger partial charge is 0.213 e. The number of carbonyl (C=O) groups excluding carboxylic acids is 1. The highest BCUT2D eigenvalue weighted by atomic mass is 19.1.